The second-order valence-electron chi connectivity index (χ2n) is 7.39. The summed E-state index contributed by atoms with van der Waals surface area (Å²) in [5, 5.41) is 12.3. The Morgan fingerprint density at radius 3 is 2.30 bits per heavy atom. The summed E-state index contributed by atoms with van der Waals surface area (Å²) < 4.78 is 13.3. The van der Waals surface area contributed by atoms with Gasteiger partial charge < -0.3 is 15.3 Å². The number of benzene rings is 3. The normalized spacial score (nSPS) is 18.2. The van der Waals surface area contributed by atoms with Crippen LogP contribution < -0.4 is 5.32 Å². The molecule has 152 valence electrons. The predicted octanol–water partition coefficient (Wildman–Crippen LogP) is 4.82. The minimum absolute atomic E-state index is 0.0988. The summed E-state index contributed by atoms with van der Waals surface area (Å²) in [6, 6.07) is 23.3. The molecule has 0 spiro atoms. The molecular formula is C24H21FN2O3. The third kappa shape index (κ3) is 4.17. The zero-order valence-corrected chi connectivity index (χ0v) is 16.2. The molecule has 6 heteroatoms. The molecule has 1 heterocycles. The van der Waals surface area contributed by atoms with Crippen molar-refractivity contribution in [3.05, 3.63) is 90.2 Å². The summed E-state index contributed by atoms with van der Waals surface area (Å²) in [5.41, 5.74) is 3.41. The van der Waals surface area contributed by atoms with E-state index in [1.807, 2.05) is 48.5 Å². The van der Waals surface area contributed by atoms with Crippen LogP contribution >= 0.6 is 0 Å². The van der Waals surface area contributed by atoms with Crippen LogP contribution in [0.5, 0.6) is 0 Å². The molecule has 1 saturated heterocycles. The van der Waals surface area contributed by atoms with Gasteiger partial charge in [-0.2, -0.15) is 0 Å². The molecular weight excluding hydrogens is 383 g/mol. The van der Waals surface area contributed by atoms with Crippen LogP contribution in [0.15, 0.2) is 78.9 Å². The lowest BCUT2D eigenvalue weighted by Gasteiger charge is -2.18. The Balaban J connectivity index is 1.56. The molecule has 0 aromatic heterocycles. The highest BCUT2D eigenvalue weighted by Gasteiger charge is 2.40. The van der Waals surface area contributed by atoms with Gasteiger partial charge >= 0.3 is 6.09 Å². The van der Waals surface area contributed by atoms with Crippen molar-refractivity contribution in [1.82, 2.24) is 4.90 Å². The van der Waals surface area contributed by atoms with E-state index in [4.69, 9.17) is 0 Å². The van der Waals surface area contributed by atoms with Crippen molar-refractivity contribution in [3.8, 4) is 11.1 Å². The van der Waals surface area contributed by atoms with Gasteiger partial charge in [-0.15, -0.1) is 0 Å². The second kappa shape index (κ2) is 8.37. The van der Waals surface area contributed by atoms with Crippen LogP contribution in [0.2, 0.25) is 0 Å². The highest BCUT2D eigenvalue weighted by molar-refractivity contribution is 5.94. The van der Waals surface area contributed by atoms with Gasteiger partial charge in [0.2, 0.25) is 5.91 Å². The Hall–Kier alpha value is -3.67. The first-order valence-electron chi connectivity index (χ1n) is 9.71. The first kappa shape index (κ1) is 19.6. The summed E-state index contributed by atoms with van der Waals surface area (Å²) >= 11 is 0. The summed E-state index contributed by atoms with van der Waals surface area (Å²) in [6.45, 7) is 0.296. The maximum Gasteiger partial charge on any atom is 0.407 e. The third-order valence-corrected chi connectivity index (χ3v) is 5.46. The van der Waals surface area contributed by atoms with Crippen LogP contribution in [0.1, 0.15) is 11.5 Å². The largest absolute Gasteiger partial charge is 0.465 e. The van der Waals surface area contributed by atoms with Gasteiger partial charge in [0.15, 0.2) is 0 Å². The van der Waals surface area contributed by atoms with Gasteiger partial charge in [0.25, 0.3) is 0 Å². The molecule has 1 fully saturated rings. The van der Waals surface area contributed by atoms with Crippen molar-refractivity contribution in [2.45, 2.75) is 5.92 Å². The van der Waals surface area contributed by atoms with Gasteiger partial charge in [-0.3, -0.25) is 4.79 Å². The molecule has 1 aliphatic rings. The Kier molecular flexibility index (Phi) is 5.48. The van der Waals surface area contributed by atoms with E-state index in [0.29, 0.717) is 5.69 Å². The molecule has 0 aliphatic carbocycles. The molecule has 3 aromatic rings. The molecule has 2 amide bonds. The highest BCUT2D eigenvalue weighted by atomic mass is 19.1. The fraction of sp³-hybridized carbons (Fsp3) is 0.167. The quantitative estimate of drug-likeness (QED) is 0.655. The molecule has 1 aliphatic heterocycles. The number of carboxylic acid groups (broad SMARTS) is 1. The maximum absolute atomic E-state index is 13.3. The minimum Gasteiger partial charge on any atom is -0.465 e. The zero-order chi connectivity index (χ0) is 21.1. The Morgan fingerprint density at radius 1 is 0.900 bits per heavy atom. The van der Waals surface area contributed by atoms with Crippen LogP contribution in [0, 0.1) is 11.7 Å². The highest BCUT2D eigenvalue weighted by Crippen LogP contribution is 2.34. The summed E-state index contributed by atoms with van der Waals surface area (Å²) in [5.74, 6) is -1.52. The van der Waals surface area contributed by atoms with Crippen molar-refractivity contribution in [2.75, 3.05) is 18.4 Å². The molecule has 5 nitrogen and oxygen atoms in total. The van der Waals surface area contributed by atoms with Crippen LogP contribution in [-0.2, 0) is 4.79 Å². The smallest absolute Gasteiger partial charge is 0.407 e. The molecule has 0 bridgehead atoms. The molecule has 2 atom stereocenters. The van der Waals surface area contributed by atoms with E-state index in [1.165, 1.54) is 17.0 Å². The number of rotatable bonds is 4. The van der Waals surface area contributed by atoms with E-state index in [-0.39, 0.29) is 30.7 Å². The molecule has 0 radical (unpaired) electrons. The molecule has 30 heavy (non-hydrogen) atoms. The van der Waals surface area contributed by atoms with Crippen molar-refractivity contribution in [1.29, 1.82) is 0 Å². The van der Waals surface area contributed by atoms with E-state index in [1.54, 1.807) is 18.2 Å². The number of nitrogens with one attached hydrogen (secondary N) is 1. The van der Waals surface area contributed by atoms with Gasteiger partial charge in [-0.1, -0.05) is 54.6 Å². The molecule has 3 aromatic carbocycles. The van der Waals surface area contributed by atoms with Crippen molar-refractivity contribution < 1.29 is 19.1 Å². The van der Waals surface area contributed by atoms with E-state index in [9.17, 15) is 19.1 Å². The minimum atomic E-state index is -1.07. The van der Waals surface area contributed by atoms with Crippen LogP contribution in [-0.4, -0.2) is 35.1 Å². The molecule has 0 saturated carbocycles. The number of carbonyl (C=O) groups excluding carboxylic acids is 1. The van der Waals surface area contributed by atoms with Gasteiger partial charge in [0, 0.05) is 24.7 Å². The Bertz CT molecular complexity index is 1050. The van der Waals surface area contributed by atoms with E-state index >= 15 is 0 Å². The van der Waals surface area contributed by atoms with Gasteiger partial charge in [0.05, 0.1) is 5.92 Å². The summed E-state index contributed by atoms with van der Waals surface area (Å²) in [6.07, 6.45) is -1.07. The van der Waals surface area contributed by atoms with Crippen molar-refractivity contribution >= 4 is 17.7 Å². The van der Waals surface area contributed by atoms with E-state index in [0.717, 1.165) is 16.7 Å². The van der Waals surface area contributed by atoms with Gasteiger partial charge in [-0.25, -0.2) is 9.18 Å². The van der Waals surface area contributed by atoms with Crippen LogP contribution in [0.3, 0.4) is 0 Å². The van der Waals surface area contributed by atoms with E-state index < -0.39 is 12.0 Å². The van der Waals surface area contributed by atoms with Crippen LogP contribution in [0.4, 0.5) is 14.9 Å². The molecule has 4 rings (SSSR count). The maximum atomic E-state index is 13.3. The number of halogens is 1. The van der Waals surface area contributed by atoms with Crippen molar-refractivity contribution in [2.24, 2.45) is 5.92 Å². The third-order valence-electron chi connectivity index (χ3n) is 5.46. The first-order chi connectivity index (χ1) is 14.5. The summed E-state index contributed by atoms with van der Waals surface area (Å²) in [4.78, 5) is 25.8. The number of amides is 2. The number of nitrogens with zero attached hydrogens (tertiary/aromatic N) is 1. The van der Waals surface area contributed by atoms with Gasteiger partial charge in [0.1, 0.15) is 5.82 Å². The lowest BCUT2D eigenvalue weighted by Crippen LogP contribution is -2.30. The fourth-order valence-electron chi connectivity index (χ4n) is 3.92. The first-order valence-corrected chi connectivity index (χ1v) is 9.71. The Morgan fingerprint density at radius 2 is 1.60 bits per heavy atom. The number of carbonyl (C=O) groups is 2. The number of anilines is 1. The van der Waals surface area contributed by atoms with Gasteiger partial charge in [-0.05, 0) is 41.0 Å². The predicted molar refractivity (Wildman–Crippen MR) is 113 cm³/mol. The zero-order valence-electron chi connectivity index (χ0n) is 16.2. The monoisotopic (exact) mass is 404 g/mol. The standard InChI is InChI=1S/C24H21FN2O3/c25-19-11-9-17(10-12-19)21-14-27(24(29)30)15-22(21)23(28)26-20-8-4-7-18(13-20)16-5-2-1-3-6-16/h1-13,21-22H,14-15H2,(H,26,28)(H,29,30)/t21-,22+/m1/s1. The lowest BCUT2D eigenvalue weighted by atomic mass is 9.88. The second-order valence-corrected chi connectivity index (χ2v) is 7.39. The molecule has 2 N–H and O–H groups in total. The fourth-order valence-corrected chi connectivity index (χ4v) is 3.92. The lowest BCUT2D eigenvalue weighted by molar-refractivity contribution is -0.119. The van der Waals surface area contributed by atoms with E-state index in [2.05, 4.69) is 5.32 Å². The number of likely N-dealkylation sites (tertiary alicyclic amines) is 1. The van der Waals surface area contributed by atoms with Crippen LogP contribution in [0.25, 0.3) is 11.1 Å². The number of hydrogen-bond acceptors (Lipinski definition) is 2. The average molecular weight is 404 g/mol. The average Bonchev–Trinajstić information content (AvgIpc) is 3.21. The number of hydrogen-bond donors (Lipinski definition) is 2. The van der Waals surface area contributed by atoms with Crippen molar-refractivity contribution in [3.63, 3.8) is 0 Å². The Labute approximate surface area is 173 Å². The molecule has 0 unspecified atom stereocenters. The SMILES string of the molecule is O=C(Nc1cccc(-c2ccccc2)c1)[C@H]1CN(C(=O)O)C[C@@H]1c1ccc(F)cc1. The summed E-state index contributed by atoms with van der Waals surface area (Å²) in [7, 11) is 0. The topological polar surface area (TPSA) is 69.6 Å².